The summed E-state index contributed by atoms with van der Waals surface area (Å²) in [6, 6.07) is 17.7. The Bertz CT molecular complexity index is 1250. The summed E-state index contributed by atoms with van der Waals surface area (Å²) >= 11 is 1.37. The number of hydrogen-bond donors (Lipinski definition) is 1. The van der Waals surface area contributed by atoms with Crippen LogP contribution in [0.3, 0.4) is 0 Å². The van der Waals surface area contributed by atoms with Crippen LogP contribution in [0.15, 0.2) is 65.6 Å². The number of carboxylic acids is 1. The molecule has 0 saturated carbocycles. The second-order valence-electron chi connectivity index (χ2n) is 9.11. The molecule has 2 heterocycles. The lowest BCUT2D eigenvalue weighted by molar-refractivity contribution is -0.131. The quantitative estimate of drug-likeness (QED) is 0.349. The number of fused-ring (bicyclic) bond motifs is 1. The van der Waals surface area contributed by atoms with E-state index in [1.54, 1.807) is 13.2 Å². The molecule has 1 unspecified atom stereocenters. The lowest BCUT2D eigenvalue weighted by Gasteiger charge is -2.26. The average Bonchev–Trinajstić information content (AvgIpc) is 3.41. The number of thioether (sulfide) groups is 1. The monoisotopic (exact) mass is 505 g/mol. The topological polar surface area (TPSA) is 68.2 Å². The normalized spacial score (nSPS) is 18.1. The summed E-state index contributed by atoms with van der Waals surface area (Å²) < 4.78 is 17.8. The van der Waals surface area contributed by atoms with Crippen LogP contribution in [-0.2, 0) is 4.79 Å². The zero-order valence-electron chi connectivity index (χ0n) is 20.4. The van der Waals surface area contributed by atoms with E-state index in [2.05, 4.69) is 4.90 Å². The number of hydrogen-bond acceptors (Lipinski definition) is 6. The highest BCUT2D eigenvalue weighted by Gasteiger charge is 2.27. The first-order chi connectivity index (χ1) is 17.6. The van der Waals surface area contributed by atoms with Gasteiger partial charge in [0.15, 0.2) is 0 Å². The third kappa shape index (κ3) is 5.63. The summed E-state index contributed by atoms with van der Waals surface area (Å²) in [4.78, 5) is 14.3. The first-order valence-electron chi connectivity index (χ1n) is 12.4. The van der Waals surface area contributed by atoms with Crippen LogP contribution in [0, 0.1) is 0 Å². The predicted octanol–water partition coefficient (Wildman–Crippen LogP) is 6.65. The molecule has 3 aromatic carbocycles. The maximum Gasteiger partial charge on any atom is 0.341 e. The van der Waals surface area contributed by atoms with E-state index < -0.39 is 5.97 Å². The van der Waals surface area contributed by atoms with Gasteiger partial charge in [0.25, 0.3) is 0 Å². The molecule has 0 amide bonds. The van der Waals surface area contributed by atoms with Crippen molar-refractivity contribution in [1.29, 1.82) is 0 Å². The molecule has 0 aliphatic carbocycles. The van der Waals surface area contributed by atoms with Crippen molar-refractivity contribution in [3.05, 3.63) is 71.1 Å². The number of aliphatic carboxylic acids is 1. The zero-order valence-corrected chi connectivity index (χ0v) is 21.3. The SMILES string of the molecule is COc1ccc2c(Oc3ccc(OCCN4CCCCC4)cc3)c(C3CC=C(C(=O)O)S3)ccc2c1. The van der Waals surface area contributed by atoms with Gasteiger partial charge in [-0.3, -0.25) is 4.90 Å². The molecule has 188 valence electrons. The van der Waals surface area contributed by atoms with Gasteiger partial charge in [-0.2, -0.15) is 0 Å². The smallest absolute Gasteiger partial charge is 0.341 e. The van der Waals surface area contributed by atoms with Crippen molar-refractivity contribution in [3.8, 4) is 23.0 Å². The van der Waals surface area contributed by atoms with Crippen LogP contribution in [0.2, 0.25) is 0 Å². The fourth-order valence-corrected chi connectivity index (χ4v) is 5.88. The van der Waals surface area contributed by atoms with Crippen LogP contribution >= 0.6 is 11.8 Å². The van der Waals surface area contributed by atoms with Crippen LogP contribution in [0.4, 0.5) is 0 Å². The minimum absolute atomic E-state index is 0.0185. The van der Waals surface area contributed by atoms with Crippen LogP contribution in [0.5, 0.6) is 23.0 Å². The molecule has 1 atom stereocenters. The number of allylic oxidation sites excluding steroid dienone is 1. The van der Waals surface area contributed by atoms with Crippen molar-refractivity contribution in [3.63, 3.8) is 0 Å². The van der Waals surface area contributed by atoms with E-state index in [1.165, 1.54) is 31.0 Å². The molecule has 0 bridgehead atoms. The fraction of sp³-hybridized carbons (Fsp3) is 0.345. The number of benzene rings is 3. The highest BCUT2D eigenvalue weighted by molar-refractivity contribution is 8.04. The van der Waals surface area contributed by atoms with E-state index in [0.29, 0.717) is 23.7 Å². The lowest BCUT2D eigenvalue weighted by atomic mass is 10.0. The Morgan fingerprint density at radius 2 is 1.75 bits per heavy atom. The van der Waals surface area contributed by atoms with E-state index in [1.807, 2.05) is 54.6 Å². The van der Waals surface area contributed by atoms with Crippen molar-refractivity contribution < 1.29 is 24.1 Å². The number of carbonyl (C=O) groups is 1. The van der Waals surface area contributed by atoms with Crippen molar-refractivity contribution in [2.75, 3.05) is 33.4 Å². The van der Waals surface area contributed by atoms with Gasteiger partial charge in [-0.15, -0.1) is 11.8 Å². The number of piperidine rings is 1. The van der Waals surface area contributed by atoms with Crippen molar-refractivity contribution in [1.82, 2.24) is 4.90 Å². The van der Waals surface area contributed by atoms with Gasteiger partial charge < -0.3 is 19.3 Å². The fourth-order valence-electron chi connectivity index (χ4n) is 4.78. The third-order valence-electron chi connectivity index (χ3n) is 6.72. The summed E-state index contributed by atoms with van der Waals surface area (Å²) in [5, 5.41) is 11.4. The molecular weight excluding hydrogens is 474 g/mol. The largest absolute Gasteiger partial charge is 0.497 e. The molecule has 3 aromatic rings. The minimum atomic E-state index is -0.883. The molecule has 7 heteroatoms. The van der Waals surface area contributed by atoms with E-state index >= 15 is 0 Å². The maximum absolute atomic E-state index is 11.5. The summed E-state index contributed by atoms with van der Waals surface area (Å²) in [6.45, 7) is 3.95. The number of rotatable bonds is 9. The van der Waals surface area contributed by atoms with Crippen LogP contribution in [-0.4, -0.2) is 49.3 Å². The van der Waals surface area contributed by atoms with Gasteiger partial charge in [0.1, 0.15) is 29.6 Å². The second kappa shape index (κ2) is 11.3. The average molecular weight is 506 g/mol. The van der Waals surface area contributed by atoms with E-state index in [4.69, 9.17) is 14.2 Å². The molecule has 1 saturated heterocycles. The first-order valence-corrected chi connectivity index (χ1v) is 13.3. The number of nitrogens with zero attached hydrogens (tertiary/aromatic N) is 1. The summed E-state index contributed by atoms with van der Waals surface area (Å²) in [5.74, 6) is 2.16. The highest BCUT2D eigenvalue weighted by atomic mass is 32.2. The van der Waals surface area contributed by atoms with Crippen molar-refractivity contribution in [2.24, 2.45) is 0 Å². The summed E-state index contributed by atoms with van der Waals surface area (Å²) in [5.41, 5.74) is 0.979. The second-order valence-corrected chi connectivity index (χ2v) is 10.4. The van der Waals surface area contributed by atoms with E-state index in [0.717, 1.165) is 53.2 Å². The zero-order chi connectivity index (χ0) is 24.9. The standard InChI is InChI=1S/C29H31NO5S/c1-33-23-10-12-24-20(19-23)5-11-25(26-13-14-27(36-26)29(31)32)28(24)35-22-8-6-21(7-9-22)34-18-17-30-15-3-2-4-16-30/h5-12,14,19,26H,2-4,13,15-18H2,1H3,(H,31,32). The minimum Gasteiger partial charge on any atom is -0.497 e. The number of methoxy groups -OCH3 is 1. The molecule has 2 aliphatic heterocycles. The summed E-state index contributed by atoms with van der Waals surface area (Å²) in [7, 11) is 1.65. The molecule has 0 radical (unpaired) electrons. The lowest BCUT2D eigenvalue weighted by Crippen LogP contribution is -2.33. The molecule has 36 heavy (non-hydrogen) atoms. The van der Waals surface area contributed by atoms with Gasteiger partial charge in [-0.25, -0.2) is 4.79 Å². The van der Waals surface area contributed by atoms with E-state index in [-0.39, 0.29) is 5.25 Å². The highest BCUT2D eigenvalue weighted by Crippen LogP contribution is 2.49. The molecule has 6 nitrogen and oxygen atoms in total. The van der Waals surface area contributed by atoms with Crippen LogP contribution in [0.1, 0.15) is 36.5 Å². The molecule has 2 aliphatic rings. The maximum atomic E-state index is 11.5. The van der Waals surface area contributed by atoms with Gasteiger partial charge >= 0.3 is 5.97 Å². The third-order valence-corrected chi connectivity index (χ3v) is 8.05. The van der Waals surface area contributed by atoms with E-state index in [9.17, 15) is 9.90 Å². The molecule has 1 N–H and O–H groups in total. The van der Waals surface area contributed by atoms with Crippen LogP contribution < -0.4 is 14.2 Å². The molecule has 1 fully saturated rings. The first kappa shape index (κ1) is 24.5. The summed E-state index contributed by atoms with van der Waals surface area (Å²) in [6.07, 6.45) is 6.33. The Morgan fingerprint density at radius 3 is 2.47 bits per heavy atom. The number of ether oxygens (including phenoxy) is 3. The van der Waals surface area contributed by atoms with Crippen molar-refractivity contribution in [2.45, 2.75) is 30.9 Å². The Balaban J connectivity index is 1.34. The van der Waals surface area contributed by atoms with Gasteiger partial charge in [-0.1, -0.05) is 24.6 Å². The molecule has 5 rings (SSSR count). The number of carboxylic acid groups (broad SMARTS) is 1. The van der Waals surface area contributed by atoms with Gasteiger partial charge in [-0.05, 0) is 80.2 Å². The Kier molecular flexibility index (Phi) is 7.68. The van der Waals surface area contributed by atoms with Gasteiger partial charge in [0.2, 0.25) is 0 Å². The molecule has 0 aromatic heterocycles. The van der Waals surface area contributed by atoms with Gasteiger partial charge in [0, 0.05) is 22.7 Å². The Hall–Kier alpha value is -3.16. The Labute approximate surface area is 215 Å². The van der Waals surface area contributed by atoms with Crippen LogP contribution in [0.25, 0.3) is 10.8 Å². The molecular formula is C29H31NO5S. The molecule has 0 spiro atoms. The Morgan fingerprint density at radius 1 is 1.00 bits per heavy atom. The van der Waals surface area contributed by atoms with Crippen molar-refractivity contribution >= 4 is 28.5 Å². The predicted molar refractivity (Wildman–Crippen MR) is 143 cm³/mol. The number of likely N-dealkylation sites (tertiary alicyclic amines) is 1. The van der Waals surface area contributed by atoms with Gasteiger partial charge in [0.05, 0.1) is 12.0 Å².